The summed E-state index contributed by atoms with van der Waals surface area (Å²) in [6.45, 7) is 4.19. The minimum absolute atomic E-state index is 0.911. The van der Waals surface area contributed by atoms with Crippen LogP contribution in [0.5, 0.6) is 11.5 Å². The molecular weight excluding hydrogens is 212 g/mol. The van der Waals surface area contributed by atoms with Gasteiger partial charge in [-0.3, -0.25) is 0 Å². The summed E-state index contributed by atoms with van der Waals surface area (Å²) in [6, 6.07) is 8.46. The number of methoxy groups -OCH3 is 2. The molecule has 0 aliphatic rings. The highest BCUT2D eigenvalue weighted by Crippen LogP contribution is 2.36. The van der Waals surface area contributed by atoms with Crippen LogP contribution >= 0.6 is 0 Å². The maximum absolute atomic E-state index is 5.48. The molecule has 0 radical (unpaired) electrons. The van der Waals surface area contributed by atoms with Gasteiger partial charge in [-0.05, 0) is 36.6 Å². The van der Waals surface area contributed by atoms with Gasteiger partial charge in [0.15, 0.2) is 0 Å². The van der Waals surface area contributed by atoms with Crippen molar-refractivity contribution >= 4 is 10.8 Å². The van der Waals surface area contributed by atoms with Crippen LogP contribution < -0.4 is 9.47 Å². The Bertz CT molecular complexity index is 544. The summed E-state index contributed by atoms with van der Waals surface area (Å²) < 4.78 is 10.9. The Morgan fingerprint density at radius 3 is 2.35 bits per heavy atom. The van der Waals surface area contributed by atoms with Gasteiger partial charge in [0, 0.05) is 10.8 Å². The lowest BCUT2D eigenvalue weighted by Gasteiger charge is -2.13. The van der Waals surface area contributed by atoms with Gasteiger partial charge in [-0.25, -0.2) is 0 Å². The average Bonchev–Trinajstić information content (AvgIpc) is 2.37. The molecule has 17 heavy (non-hydrogen) atoms. The van der Waals surface area contributed by atoms with Crippen LogP contribution in [0.4, 0.5) is 0 Å². The molecule has 0 spiro atoms. The second kappa shape index (κ2) is 4.66. The first kappa shape index (κ1) is 11.8. The number of benzene rings is 2. The van der Waals surface area contributed by atoms with Gasteiger partial charge < -0.3 is 9.47 Å². The Balaban J connectivity index is 2.81. The van der Waals surface area contributed by atoms with E-state index in [1.54, 1.807) is 14.2 Å². The summed E-state index contributed by atoms with van der Waals surface area (Å²) in [7, 11) is 3.42. The van der Waals surface area contributed by atoms with Crippen molar-refractivity contribution in [3.63, 3.8) is 0 Å². The summed E-state index contributed by atoms with van der Waals surface area (Å²) in [5.41, 5.74) is 2.41. The molecule has 0 atom stereocenters. The van der Waals surface area contributed by atoms with Crippen molar-refractivity contribution in [3.8, 4) is 11.5 Å². The molecule has 2 aromatic carbocycles. The third kappa shape index (κ3) is 1.95. The number of hydrogen-bond donors (Lipinski definition) is 0. The highest BCUT2D eigenvalue weighted by Gasteiger charge is 2.10. The monoisotopic (exact) mass is 230 g/mol. The van der Waals surface area contributed by atoms with Crippen LogP contribution in [0.1, 0.15) is 18.1 Å². The molecule has 2 heteroatoms. The van der Waals surface area contributed by atoms with Crippen molar-refractivity contribution in [2.45, 2.75) is 20.3 Å². The van der Waals surface area contributed by atoms with Gasteiger partial charge in [0.25, 0.3) is 0 Å². The molecule has 0 saturated carbocycles. The molecule has 0 unspecified atom stereocenters. The molecule has 2 rings (SSSR count). The lowest BCUT2D eigenvalue weighted by molar-refractivity contribution is 0.408. The van der Waals surface area contributed by atoms with Gasteiger partial charge in [0.1, 0.15) is 11.5 Å². The average molecular weight is 230 g/mol. The molecule has 0 aliphatic carbocycles. The van der Waals surface area contributed by atoms with Crippen LogP contribution in [0.3, 0.4) is 0 Å². The largest absolute Gasteiger partial charge is 0.496 e. The zero-order valence-electron chi connectivity index (χ0n) is 10.8. The molecule has 0 heterocycles. The number of fused-ring (bicyclic) bond motifs is 1. The normalized spacial score (nSPS) is 10.6. The Labute approximate surface area is 102 Å². The number of rotatable bonds is 3. The Hall–Kier alpha value is -1.70. The molecule has 0 saturated heterocycles. The third-order valence-electron chi connectivity index (χ3n) is 3.13. The molecule has 0 aliphatic heterocycles. The van der Waals surface area contributed by atoms with Crippen molar-refractivity contribution < 1.29 is 9.47 Å². The van der Waals surface area contributed by atoms with Crippen LogP contribution in [0.15, 0.2) is 24.3 Å². The molecule has 90 valence electrons. The van der Waals surface area contributed by atoms with E-state index >= 15 is 0 Å². The summed E-state index contributed by atoms with van der Waals surface area (Å²) in [5.74, 6) is 1.84. The zero-order chi connectivity index (χ0) is 12.4. The van der Waals surface area contributed by atoms with E-state index in [4.69, 9.17) is 9.47 Å². The van der Waals surface area contributed by atoms with Crippen LogP contribution in [0.25, 0.3) is 10.8 Å². The van der Waals surface area contributed by atoms with Gasteiger partial charge in [0.05, 0.1) is 14.2 Å². The first-order valence-corrected chi connectivity index (χ1v) is 5.85. The molecule has 0 aromatic heterocycles. The van der Waals surface area contributed by atoms with Crippen LogP contribution in [0, 0.1) is 6.92 Å². The standard InChI is InChI=1S/C15H18O2/c1-5-11-6-7-12-13(9-11)14(16-3)8-10(2)15(12)17-4/h6-9H,5H2,1-4H3. The Kier molecular flexibility index (Phi) is 3.23. The number of aryl methyl sites for hydroxylation is 2. The first-order valence-electron chi connectivity index (χ1n) is 5.85. The quantitative estimate of drug-likeness (QED) is 0.800. The van der Waals surface area contributed by atoms with Crippen molar-refractivity contribution in [2.24, 2.45) is 0 Å². The van der Waals surface area contributed by atoms with Crippen LogP contribution in [-0.2, 0) is 6.42 Å². The molecule has 0 fully saturated rings. The van der Waals surface area contributed by atoms with Crippen molar-refractivity contribution in [1.29, 1.82) is 0 Å². The number of hydrogen-bond acceptors (Lipinski definition) is 2. The van der Waals surface area contributed by atoms with Gasteiger partial charge in [-0.2, -0.15) is 0 Å². The Morgan fingerprint density at radius 2 is 1.76 bits per heavy atom. The van der Waals surface area contributed by atoms with Crippen LogP contribution in [-0.4, -0.2) is 14.2 Å². The second-order valence-corrected chi connectivity index (χ2v) is 4.16. The Morgan fingerprint density at radius 1 is 1.00 bits per heavy atom. The molecule has 0 N–H and O–H groups in total. The second-order valence-electron chi connectivity index (χ2n) is 4.16. The predicted octanol–water partition coefficient (Wildman–Crippen LogP) is 3.73. The van der Waals surface area contributed by atoms with Gasteiger partial charge in [0.2, 0.25) is 0 Å². The lowest BCUT2D eigenvalue weighted by atomic mass is 10.0. The summed E-state index contributed by atoms with van der Waals surface area (Å²) >= 11 is 0. The van der Waals surface area contributed by atoms with Gasteiger partial charge in [-0.15, -0.1) is 0 Å². The summed E-state index contributed by atoms with van der Waals surface area (Å²) in [5, 5.41) is 2.23. The molecule has 0 bridgehead atoms. The first-order chi connectivity index (χ1) is 8.21. The predicted molar refractivity (Wildman–Crippen MR) is 71.2 cm³/mol. The van der Waals surface area contributed by atoms with E-state index in [2.05, 4.69) is 25.1 Å². The minimum atomic E-state index is 0.911. The van der Waals surface area contributed by atoms with Crippen molar-refractivity contribution in [3.05, 3.63) is 35.4 Å². The van der Waals surface area contributed by atoms with Crippen molar-refractivity contribution in [2.75, 3.05) is 14.2 Å². The number of ether oxygens (including phenoxy) is 2. The summed E-state index contributed by atoms with van der Waals surface area (Å²) in [4.78, 5) is 0. The topological polar surface area (TPSA) is 18.5 Å². The fourth-order valence-corrected chi connectivity index (χ4v) is 2.21. The third-order valence-corrected chi connectivity index (χ3v) is 3.13. The van der Waals surface area contributed by atoms with Gasteiger partial charge >= 0.3 is 0 Å². The highest BCUT2D eigenvalue weighted by atomic mass is 16.5. The lowest BCUT2D eigenvalue weighted by Crippen LogP contribution is -1.93. The summed E-state index contributed by atoms with van der Waals surface area (Å²) in [6.07, 6.45) is 1.02. The zero-order valence-corrected chi connectivity index (χ0v) is 10.8. The molecule has 2 nitrogen and oxygen atoms in total. The molecule has 0 amide bonds. The van der Waals surface area contributed by atoms with Crippen molar-refractivity contribution in [1.82, 2.24) is 0 Å². The van der Waals surface area contributed by atoms with E-state index in [1.165, 1.54) is 5.56 Å². The van der Waals surface area contributed by atoms with E-state index in [9.17, 15) is 0 Å². The van der Waals surface area contributed by atoms with Crippen LogP contribution in [0.2, 0.25) is 0 Å². The smallest absolute Gasteiger partial charge is 0.129 e. The van der Waals surface area contributed by atoms with E-state index in [-0.39, 0.29) is 0 Å². The highest BCUT2D eigenvalue weighted by molar-refractivity contribution is 5.95. The van der Waals surface area contributed by atoms with E-state index < -0.39 is 0 Å². The van der Waals surface area contributed by atoms with E-state index in [0.717, 1.165) is 34.3 Å². The van der Waals surface area contributed by atoms with Gasteiger partial charge in [-0.1, -0.05) is 19.1 Å². The van der Waals surface area contributed by atoms with E-state index in [1.807, 2.05) is 13.0 Å². The fraction of sp³-hybridized carbons (Fsp3) is 0.333. The van der Waals surface area contributed by atoms with E-state index in [0.29, 0.717) is 0 Å². The molecular formula is C15H18O2. The SMILES string of the molecule is CCc1ccc2c(OC)c(C)cc(OC)c2c1. The molecule has 2 aromatic rings. The maximum atomic E-state index is 5.48. The minimum Gasteiger partial charge on any atom is -0.496 e. The maximum Gasteiger partial charge on any atom is 0.129 e. The fourth-order valence-electron chi connectivity index (χ4n) is 2.21.